The van der Waals surface area contributed by atoms with Gasteiger partial charge in [-0.15, -0.1) is 0 Å². The second-order valence-corrected chi connectivity index (χ2v) is 8.21. The molecular formula is C25H27N3O5. The maximum absolute atomic E-state index is 13.7. The predicted molar refractivity (Wildman–Crippen MR) is 120 cm³/mol. The Morgan fingerprint density at radius 3 is 2.03 bits per heavy atom. The van der Waals surface area contributed by atoms with E-state index in [2.05, 4.69) is 5.32 Å². The Balaban J connectivity index is 1.52. The third kappa shape index (κ3) is 4.20. The Kier molecular flexibility index (Phi) is 6.44. The van der Waals surface area contributed by atoms with E-state index >= 15 is 0 Å². The van der Waals surface area contributed by atoms with Crippen molar-refractivity contribution in [2.24, 2.45) is 5.92 Å². The molecule has 33 heavy (non-hydrogen) atoms. The molecule has 0 atom stereocenters. The highest BCUT2D eigenvalue weighted by molar-refractivity contribution is 6.11. The predicted octanol–water partition coefficient (Wildman–Crippen LogP) is 2.28. The van der Waals surface area contributed by atoms with Gasteiger partial charge < -0.3 is 15.0 Å². The smallest absolute Gasteiger partial charge is 0.326 e. The summed E-state index contributed by atoms with van der Waals surface area (Å²) < 4.78 is 5.07. The van der Waals surface area contributed by atoms with Gasteiger partial charge in [0.1, 0.15) is 6.54 Å². The number of amides is 4. The van der Waals surface area contributed by atoms with Crippen LogP contribution in [0.1, 0.15) is 30.9 Å². The molecule has 2 aliphatic rings. The Bertz CT molecular complexity index is 993. The molecule has 8 nitrogen and oxygen atoms in total. The number of urea groups is 1. The quantitative estimate of drug-likeness (QED) is 0.539. The van der Waals surface area contributed by atoms with Crippen molar-refractivity contribution in [2.75, 3.05) is 26.2 Å². The van der Waals surface area contributed by atoms with Crippen molar-refractivity contribution < 1.29 is 23.9 Å². The van der Waals surface area contributed by atoms with Gasteiger partial charge in [-0.1, -0.05) is 60.7 Å². The monoisotopic (exact) mass is 449 g/mol. The number of nitrogens with one attached hydrogen (secondary N) is 1. The van der Waals surface area contributed by atoms with Gasteiger partial charge in [0.2, 0.25) is 5.91 Å². The first kappa shape index (κ1) is 22.5. The largest absolute Gasteiger partial charge is 0.466 e. The molecule has 1 N–H and O–H groups in total. The molecular weight excluding hydrogens is 422 g/mol. The number of hydrogen-bond donors (Lipinski definition) is 1. The van der Waals surface area contributed by atoms with Gasteiger partial charge in [0.05, 0.1) is 12.5 Å². The SMILES string of the molecule is CCOC(=O)C1CCN(C(=O)CN2C(=O)NC(c3ccccc3)(c3ccccc3)C2=O)CC1. The number of rotatable bonds is 6. The Hall–Kier alpha value is -3.68. The van der Waals surface area contributed by atoms with Gasteiger partial charge in [0, 0.05) is 13.1 Å². The van der Waals surface area contributed by atoms with Gasteiger partial charge >= 0.3 is 12.0 Å². The third-order valence-electron chi connectivity index (χ3n) is 6.28. The lowest BCUT2D eigenvalue weighted by atomic mass is 9.82. The van der Waals surface area contributed by atoms with E-state index in [0.29, 0.717) is 43.7 Å². The Morgan fingerprint density at radius 1 is 0.970 bits per heavy atom. The Labute approximate surface area is 192 Å². The molecule has 0 saturated carbocycles. The van der Waals surface area contributed by atoms with Crippen LogP contribution in [0.2, 0.25) is 0 Å². The second kappa shape index (κ2) is 9.44. The summed E-state index contributed by atoms with van der Waals surface area (Å²) in [6.07, 6.45) is 1.01. The summed E-state index contributed by atoms with van der Waals surface area (Å²) in [7, 11) is 0. The van der Waals surface area contributed by atoms with Crippen LogP contribution in [0.5, 0.6) is 0 Å². The minimum absolute atomic E-state index is 0.227. The first-order chi connectivity index (χ1) is 16.0. The number of ether oxygens (including phenoxy) is 1. The number of benzene rings is 2. The van der Waals surface area contributed by atoms with Crippen molar-refractivity contribution in [1.29, 1.82) is 0 Å². The fourth-order valence-corrected chi connectivity index (χ4v) is 4.51. The van der Waals surface area contributed by atoms with E-state index < -0.39 is 17.5 Å². The Morgan fingerprint density at radius 2 is 1.52 bits per heavy atom. The van der Waals surface area contributed by atoms with Crippen LogP contribution in [0.3, 0.4) is 0 Å². The van der Waals surface area contributed by atoms with E-state index in [4.69, 9.17) is 4.74 Å². The molecule has 0 bridgehead atoms. The molecule has 8 heteroatoms. The number of hydrogen-bond acceptors (Lipinski definition) is 5. The molecule has 172 valence electrons. The number of piperidine rings is 1. The van der Waals surface area contributed by atoms with Crippen LogP contribution in [-0.2, 0) is 24.7 Å². The van der Waals surface area contributed by atoms with E-state index in [1.165, 1.54) is 0 Å². The number of imide groups is 1. The van der Waals surface area contributed by atoms with Crippen molar-refractivity contribution in [3.8, 4) is 0 Å². The van der Waals surface area contributed by atoms with Crippen LogP contribution in [0, 0.1) is 5.92 Å². The molecule has 0 unspecified atom stereocenters. The van der Waals surface area contributed by atoms with Gasteiger partial charge in [0.25, 0.3) is 5.91 Å². The molecule has 2 aliphatic heterocycles. The number of esters is 1. The van der Waals surface area contributed by atoms with Gasteiger partial charge in [-0.05, 0) is 30.9 Å². The molecule has 0 radical (unpaired) electrons. The van der Waals surface area contributed by atoms with Gasteiger partial charge in [-0.25, -0.2) is 4.79 Å². The summed E-state index contributed by atoms with van der Waals surface area (Å²) >= 11 is 0. The average molecular weight is 450 g/mol. The highest BCUT2D eigenvalue weighted by Gasteiger charge is 2.54. The van der Waals surface area contributed by atoms with Crippen LogP contribution in [0.25, 0.3) is 0 Å². The molecule has 0 spiro atoms. The average Bonchev–Trinajstić information content (AvgIpc) is 3.11. The zero-order valence-electron chi connectivity index (χ0n) is 18.5. The molecule has 4 rings (SSSR count). The number of nitrogens with zero attached hydrogens (tertiary/aromatic N) is 2. The number of carbonyl (C=O) groups is 4. The standard InChI is InChI=1S/C25H27N3O5/c1-2-33-22(30)18-13-15-27(16-14-18)21(29)17-28-23(31)25(26-24(28)32,19-9-5-3-6-10-19)20-11-7-4-8-12-20/h3-12,18H,2,13-17H2,1H3,(H,26,32). The zero-order valence-corrected chi connectivity index (χ0v) is 18.5. The summed E-state index contributed by atoms with van der Waals surface area (Å²) in [6.45, 7) is 2.51. The number of carbonyl (C=O) groups excluding carboxylic acids is 4. The fourth-order valence-electron chi connectivity index (χ4n) is 4.51. The summed E-state index contributed by atoms with van der Waals surface area (Å²) in [5, 5.41) is 2.85. The van der Waals surface area contributed by atoms with E-state index in [0.717, 1.165) is 4.90 Å². The lowest BCUT2D eigenvalue weighted by molar-refractivity contribution is -0.151. The summed E-state index contributed by atoms with van der Waals surface area (Å²) in [5.74, 6) is -1.28. The van der Waals surface area contributed by atoms with Gasteiger partial charge in [0.15, 0.2) is 5.54 Å². The van der Waals surface area contributed by atoms with Crippen molar-refractivity contribution in [2.45, 2.75) is 25.3 Å². The topological polar surface area (TPSA) is 96.0 Å². The maximum atomic E-state index is 13.7. The molecule has 2 aromatic rings. The molecule has 4 amide bonds. The summed E-state index contributed by atoms with van der Waals surface area (Å²) in [5.41, 5.74) is -0.143. The van der Waals surface area contributed by atoms with E-state index in [-0.39, 0.29) is 24.3 Å². The molecule has 2 saturated heterocycles. The first-order valence-electron chi connectivity index (χ1n) is 11.2. The van der Waals surface area contributed by atoms with Gasteiger partial charge in [-0.2, -0.15) is 0 Å². The fraction of sp³-hybridized carbons (Fsp3) is 0.360. The molecule has 2 heterocycles. The van der Waals surface area contributed by atoms with Crippen molar-refractivity contribution in [3.05, 3.63) is 71.8 Å². The molecule has 2 fully saturated rings. The minimum atomic E-state index is -1.39. The molecule has 0 aliphatic carbocycles. The van der Waals surface area contributed by atoms with Crippen LogP contribution < -0.4 is 5.32 Å². The van der Waals surface area contributed by atoms with E-state index in [1.807, 2.05) is 12.1 Å². The van der Waals surface area contributed by atoms with Crippen molar-refractivity contribution in [3.63, 3.8) is 0 Å². The lowest BCUT2D eigenvalue weighted by Gasteiger charge is -2.32. The normalized spacial score (nSPS) is 18.2. The van der Waals surface area contributed by atoms with E-state index in [1.54, 1.807) is 60.4 Å². The van der Waals surface area contributed by atoms with Crippen LogP contribution in [0.15, 0.2) is 60.7 Å². The maximum Gasteiger partial charge on any atom is 0.326 e. The minimum Gasteiger partial charge on any atom is -0.466 e. The van der Waals surface area contributed by atoms with E-state index in [9.17, 15) is 19.2 Å². The summed E-state index contributed by atoms with van der Waals surface area (Å²) in [4.78, 5) is 54.1. The highest BCUT2D eigenvalue weighted by atomic mass is 16.5. The molecule has 0 aromatic heterocycles. The van der Waals surface area contributed by atoms with Gasteiger partial charge in [-0.3, -0.25) is 19.3 Å². The molecule has 2 aromatic carbocycles. The zero-order chi connectivity index (χ0) is 23.4. The highest BCUT2D eigenvalue weighted by Crippen LogP contribution is 2.36. The first-order valence-corrected chi connectivity index (χ1v) is 11.2. The third-order valence-corrected chi connectivity index (χ3v) is 6.28. The number of likely N-dealkylation sites (tertiary alicyclic amines) is 1. The van der Waals surface area contributed by atoms with Crippen molar-refractivity contribution in [1.82, 2.24) is 15.1 Å². The van der Waals surface area contributed by atoms with Crippen LogP contribution in [0.4, 0.5) is 4.79 Å². The van der Waals surface area contributed by atoms with Crippen LogP contribution in [-0.4, -0.2) is 59.9 Å². The van der Waals surface area contributed by atoms with Crippen LogP contribution >= 0.6 is 0 Å². The lowest BCUT2D eigenvalue weighted by Crippen LogP contribution is -2.48. The summed E-state index contributed by atoms with van der Waals surface area (Å²) in [6, 6.07) is 17.4. The van der Waals surface area contributed by atoms with Crippen molar-refractivity contribution >= 4 is 23.8 Å². The second-order valence-electron chi connectivity index (χ2n) is 8.21.